The molecule has 1 rings (SSSR count). The summed E-state index contributed by atoms with van der Waals surface area (Å²) in [5.41, 5.74) is 0. The highest BCUT2D eigenvalue weighted by Gasteiger charge is 2.22. The third-order valence-corrected chi connectivity index (χ3v) is 2.86. The van der Waals surface area contributed by atoms with Crippen molar-refractivity contribution in [1.82, 2.24) is 5.32 Å². The van der Waals surface area contributed by atoms with Crippen molar-refractivity contribution in [2.45, 2.75) is 38.6 Å². The second-order valence-corrected chi connectivity index (χ2v) is 4.05. The monoisotopic (exact) mass is 201 g/mol. The molecule has 0 radical (unpaired) electrons. The molecule has 3 nitrogen and oxygen atoms in total. The summed E-state index contributed by atoms with van der Waals surface area (Å²) in [6.45, 7) is 5.26. The van der Waals surface area contributed by atoms with Gasteiger partial charge in [-0.2, -0.15) is 0 Å². The number of hydrogen-bond donors (Lipinski definition) is 2. The van der Waals surface area contributed by atoms with Crippen LogP contribution in [0.25, 0.3) is 0 Å². The molecule has 0 aromatic rings. The van der Waals surface area contributed by atoms with Crippen LogP contribution >= 0.6 is 0 Å². The molecule has 0 aromatic carbocycles. The summed E-state index contributed by atoms with van der Waals surface area (Å²) in [5.74, 6) is 0.599. The Kier molecular flexibility index (Phi) is 6.15. The normalized spacial score (nSPS) is 24.9. The molecule has 1 saturated heterocycles. The molecule has 1 aliphatic rings. The first-order valence-electron chi connectivity index (χ1n) is 5.80. The predicted molar refractivity (Wildman–Crippen MR) is 57.3 cm³/mol. The number of nitrogens with one attached hydrogen (secondary N) is 1. The lowest BCUT2D eigenvalue weighted by molar-refractivity contribution is 0.0351. The zero-order valence-corrected chi connectivity index (χ0v) is 9.17. The van der Waals surface area contributed by atoms with Crippen molar-refractivity contribution in [1.29, 1.82) is 0 Å². The van der Waals surface area contributed by atoms with Gasteiger partial charge in [0, 0.05) is 19.3 Å². The Morgan fingerprint density at radius 1 is 1.57 bits per heavy atom. The Balaban J connectivity index is 2.30. The number of aliphatic hydroxyl groups excluding tert-OH is 1. The van der Waals surface area contributed by atoms with Gasteiger partial charge in [0.2, 0.25) is 0 Å². The zero-order chi connectivity index (χ0) is 10.2. The molecule has 0 aliphatic carbocycles. The molecule has 0 amide bonds. The fourth-order valence-electron chi connectivity index (χ4n) is 2.06. The minimum absolute atomic E-state index is 0.276. The van der Waals surface area contributed by atoms with E-state index in [1.54, 1.807) is 0 Å². The van der Waals surface area contributed by atoms with Crippen LogP contribution in [0.4, 0.5) is 0 Å². The Bertz CT molecular complexity index is 135. The third kappa shape index (κ3) is 3.95. The van der Waals surface area contributed by atoms with Crippen molar-refractivity contribution in [3.05, 3.63) is 0 Å². The summed E-state index contributed by atoms with van der Waals surface area (Å²) < 4.78 is 5.47. The van der Waals surface area contributed by atoms with E-state index in [0.29, 0.717) is 12.0 Å². The predicted octanol–water partition coefficient (Wildman–Crippen LogP) is 1.16. The van der Waals surface area contributed by atoms with E-state index in [9.17, 15) is 0 Å². The van der Waals surface area contributed by atoms with E-state index in [2.05, 4.69) is 12.2 Å². The summed E-state index contributed by atoms with van der Waals surface area (Å²) in [6, 6.07) is 0.445. The first kappa shape index (κ1) is 12.0. The molecule has 0 saturated carbocycles. The molecule has 14 heavy (non-hydrogen) atoms. The van der Waals surface area contributed by atoms with Gasteiger partial charge in [-0.05, 0) is 38.1 Å². The Morgan fingerprint density at radius 3 is 3.00 bits per heavy atom. The lowest BCUT2D eigenvalue weighted by Crippen LogP contribution is -2.41. The van der Waals surface area contributed by atoms with Crippen LogP contribution in [0.15, 0.2) is 0 Å². The van der Waals surface area contributed by atoms with Gasteiger partial charge < -0.3 is 15.2 Å². The minimum Gasteiger partial charge on any atom is -0.396 e. The van der Waals surface area contributed by atoms with Crippen molar-refractivity contribution < 1.29 is 9.84 Å². The molecule has 1 heterocycles. The standard InChI is InChI=1S/C11H23NO2/c1-2-6-12-11(5-7-13)10-4-3-8-14-9-10/h10-13H,2-9H2,1H3. The van der Waals surface area contributed by atoms with Crippen LogP contribution in [0.5, 0.6) is 0 Å². The zero-order valence-electron chi connectivity index (χ0n) is 9.17. The van der Waals surface area contributed by atoms with Crippen LogP contribution in [0.1, 0.15) is 32.6 Å². The number of rotatable bonds is 6. The van der Waals surface area contributed by atoms with Crippen LogP contribution in [0.2, 0.25) is 0 Å². The van der Waals surface area contributed by atoms with E-state index in [1.807, 2.05) is 0 Å². The molecule has 0 aromatic heterocycles. The van der Waals surface area contributed by atoms with Gasteiger partial charge in [-0.15, -0.1) is 0 Å². The molecular formula is C11H23NO2. The maximum atomic E-state index is 8.99. The first-order chi connectivity index (χ1) is 6.88. The largest absolute Gasteiger partial charge is 0.396 e. The van der Waals surface area contributed by atoms with E-state index < -0.39 is 0 Å². The molecular weight excluding hydrogens is 178 g/mol. The van der Waals surface area contributed by atoms with E-state index in [0.717, 1.165) is 32.6 Å². The van der Waals surface area contributed by atoms with Crippen LogP contribution in [0.3, 0.4) is 0 Å². The van der Waals surface area contributed by atoms with Gasteiger partial charge in [0.15, 0.2) is 0 Å². The third-order valence-electron chi connectivity index (χ3n) is 2.86. The van der Waals surface area contributed by atoms with Gasteiger partial charge in [0.25, 0.3) is 0 Å². The fraction of sp³-hybridized carbons (Fsp3) is 1.00. The number of hydrogen-bond acceptors (Lipinski definition) is 3. The number of aliphatic hydroxyl groups is 1. The van der Waals surface area contributed by atoms with Gasteiger partial charge in [-0.1, -0.05) is 6.92 Å². The average Bonchev–Trinajstić information content (AvgIpc) is 2.25. The first-order valence-corrected chi connectivity index (χ1v) is 5.80. The van der Waals surface area contributed by atoms with Crippen LogP contribution in [-0.4, -0.2) is 37.5 Å². The van der Waals surface area contributed by atoms with Gasteiger partial charge >= 0.3 is 0 Å². The quantitative estimate of drug-likeness (QED) is 0.677. The van der Waals surface area contributed by atoms with Crippen LogP contribution < -0.4 is 5.32 Å². The lowest BCUT2D eigenvalue weighted by atomic mass is 9.91. The SMILES string of the molecule is CCCNC(CCO)C1CCCOC1. The van der Waals surface area contributed by atoms with E-state index in [4.69, 9.17) is 9.84 Å². The van der Waals surface area contributed by atoms with Crippen molar-refractivity contribution in [2.24, 2.45) is 5.92 Å². The van der Waals surface area contributed by atoms with E-state index in [-0.39, 0.29) is 6.61 Å². The molecule has 3 heteroatoms. The van der Waals surface area contributed by atoms with Crippen molar-refractivity contribution in [3.63, 3.8) is 0 Å². The summed E-state index contributed by atoms with van der Waals surface area (Å²) in [5, 5.41) is 12.5. The Hall–Kier alpha value is -0.120. The summed E-state index contributed by atoms with van der Waals surface area (Å²) in [7, 11) is 0. The summed E-state index contributed by atoms with van der Waals surface area (Å²) in [6.07, 6.45) is 4.41. The highest BCUT2D eigenvalue weighted by molar-refractivity contribution is 4.78. The Morgan fingerprint density at radius 2 is 2.43 bits per heavy atom. The number of ether oxygens (including phenoxy) is 1. The fourth-order valence-corrected chi connectivity index (χ4v) is 2.06. The topological polar surface area (TPSA) is 41.5 Å². The van der Waals surface area contributed by atoms with Crippen LogP contribution in [0, 0.1) is 5.92 Å². The van der Waals surface area contributed by atoms with Crippen LogP contribution in [-0.2, 0) is 4.74 Å². The molecule has 84 valence electrons. The molecule has 2 atom stereocenters. The highest BCUT2D eigenvalue weighted by atomic mass is 16.5. The van der Waals surface area contributed by atoms with Crippen molar-refractivity contribution in [3.8, 4) is 0 Å². The lowest BCUT2D eigenvalue weighted by Gasteiger charge is -2.30. The highest BCUT2D eigenvalue weighted by Crippen LogP contribution is 2.19. The molecule has 0 spiro atoms. The molecule has 2 N–H and O–H groups in total. The Labute approximate surface area is 86.8 Å². The van der Waals surface area contributed by atoms with E-state index in [1.165, 1.54) is 12.8 Å². The van der Waals surface area contributed by atoms with E-state index >= 15 is 0 Å². The summed E-state index contributed by atoms with van der Waals surface area (Å²) in [4.78, 5) is 0. The maximum Gasteiger partial charge on any atom is 0.0509 e. The van der Waals surface area contributed by atoms with Gasteiger partial charge in [-0.25, -0.2) is 0 Å². The summed E-state index contributed by atoms with van der Waals surface area (Å²) >= 11 is 0. The molecule has 1 aliphatic heterocycles. The van der Waals surface area contributed by atoms with Gasteiger partial charge in [0.05, 0.1) is 6.61 Å². The smallest absolute Gasteiger partial charge is 0.0509 e. The molecule has 0 bridgehead atoms. The maximum absolute atomic E-state index is 8.99. The van der Waals surface area contributed by atoms with Gasteiger partial charge in [0.1, 0.15) is 0 Å². The molecule has 1 fully saturated rings. The molecule has 2 unspecified atom stereocenters. The minimum atomic E-state index is 0.276. The second-order valence-electron chi connectivity index (χ2n) is 4.05. The second kappa shape index (κ2) is 7.21. The van der Waals surface area contributed by atoms with Gasteiger partial charge in [-0.3, -0.25) is 0 Å². The van der Waals surface area contributed by atoms with Crippen molar-refractivity contribution in [2.75, 3.05) is 26.4 Å². The van der Waals surface area contributed by atoms with Crippen molar-refractivity contribution >= 4 is 0 Å². The average molecular weight is 201 g/mol.